The van der Waals surface area contributed by atoms with Gasteiger partial charge in [0.25, 0.3) is 0 Å². The van der Waals surface area contributed by atoms with Crippen molar-refractivity contribution in [3.05, 3.63) is 69.3 Å². The van der Waals surface area contributed by atoms with Gasteiger partial charge in [-0.25, -0.2) is 8.78 Å². The van der Waals surface area contributed by atoms with Crippen LogP contribution in [0.15, 0.2) is 35.4 Å². The first-order chi connectivity index (χ1) is 16.8. The van der Waals surface area contributed by atoms with Gasteiger partial charge in [0.15, 0.2) is 28.9 Å². The first kappa shape index (κ1) is 26.7. The number of allylic oxidation sites excluding steroid dienone is 2. The molecule has 1 fully saturated rings. The van der Waals surface area contributed by atoms with E-state index in [9.17, 15) is 13.6 Å². The summed E-state index contributed by atoms with van der Waals surface area (Å²) in [5.74, 6) is -0.563. The van der Waals surface area contributed by atoms with Crippen LogP contribution in [0.25, 0.3) is 12.2 Å². The fraction of sp³-hybridized carbons (Fsp3) is 0.433. The van der Waals surface area contributed by atoms with Crippen LogP contribution in [-0.4, -0.2) is 19.0 Å². The van der Waals surface area contributed by atoms with Crippen LogP contribution >= 0.6 is 0 Å². The molecular formula is C30H36F2O3. The molecule has 1 saturated carbocycles. The Morgan fingerprint density at radius 2 is 1.20 bits per heavy atom. The maximum atomic E-state index is 14.7. The van der Waals surface area contributed by atoms with Crippen LogP contribution < -0.4 is 9.47 Å². The first-order valence-corrected chi connectivity index (χ1v) is 12.7. The summed E-state index contributed by atoms with van der Waals surface area (Å²) in [5.41, 5.74) is 3.89. The molecule has 0 spiro atoms. The zero-order valence-electron chi connectivity index (χ0n) is 21.3. The lowest BCUT2D eigenvalue weighted by Gasteiger charge is -2.19. The maximum absolute atomic E-state index is 14.7. The van der Waals surface area contributed by atoms with Crippen LogP contribution in [0, 0.1) is 25.5 Å². The van der Waals surface area contributed by atoms with E-state index in [0.29, 0.717) is 48.3 Å². The van der Waals surface area contributed by atoms with Gasteiger partial charge in [0.1, 0.15) is 0 Å². The van der Waals surface area contributed by atoms with E-state index in [1.807, 2.05) is 39.8 Å². The minimum atomic E-state index is -0.420. The minimum Gasteiger partial charge on any atom is -0.490 e. The second kappa shape index (κ2) is 12.7. The number of ether oxygens (including phenoxy) is 2. The lowest BCUT2D eigenvalue weighted by Crippen LogP contribution is -2.13. The molecule has 0 unspecified atom stereocenters. The van der Waals surface area contributed by atoms with Gasteiger partial charge >= 0.3 is 0 Å². The summed E-state index contributed by atoms with van der Waals surface area (Å²) in [7, 11) is 0. The molecule has 3 nitrogen and oxygen atoms in total. The molecule has 188 valence electrons. The minimum absolute atomic E-state index is 0.0981. The molecule has 1 aliphatic rings. The lowest BCUT2D eigenvalue weighted by atomic mass is 9.86. The van der Waals surface area contributed by atoms with Crippen molar-refractivity contribution in [1.82, 2.24) is 0 Å². The summed E-state index contributed by atoms with van der Waals surface area (Å²) in [6.45, 7) is 8.58. The zero-order chi connectivity index (χ0) is 25.4. The monoisotopic (exact) mass is 482 g/mol. The number of benzene rings is 2. The first-order valence-electron chi connectivity index (χ1n) is 12.7. The molecule has 1 aliphatic carbocycles. The van der Waals surface area contributed by atoms with E-state index in [1.165, 1.54) is 12.1 Å². The lowest BCUT2D eigenvalue weighted by molar-refractivity contribution is -0.112. The maximum Gasteiger partial charge on any atom is 0.185 e. The Bertz CT molecular complexity index is 1030. The molecule has 35 heavy (non-hydrogen) atoms. The molecule has 0 bridgehead atoms. The number of hydrogen-bond donors (Lipinski definition) is 0. The highest BCUT2D eigenvalue weighted by molar-refractivity contribution is 6.14. The molecule has 3 rings (SSSR count). The summed E-state index contributed by atoms with van der Waals surface area (Å²) in [6, 6.07) is 6.59. The predicted molar refractivity (Wildman–Crippen MR) is 138 cm³/mol. The van der Waals surface area contributed by atoms with Gasteiger partial charge in [-0.1, -0.05) is 26.7 Å². The van der Waals surface area contributed by atoms with Crippen molar-refractivity contribution >= 4 is 17.9 Å². The van der Waals surface area contributed by atoms with Gasteiger partial charge < -0.3 is 9.47 Å². The molecule has 2 aromatic carbocycles. The van der Waals surface area contributed by atoms with E-state index in [2.05, 4.69) is 0 Å². The Kier molecular flexibility index (Phi) is 9.64. The number of halogens is 2. The van der Waals surface area contributed by atoms with Crippen molar-refractivity contribution in [2.24, 2.45) is 0 Å². The second-order valence-corrected chi connectivity index (χ2v) is 9.26. The molecule has 0 aliphatic heterocycles. The Balaban J connectivity index is 1.95. The molecule has 0 amide bonds. The van der Waals surface area contributed by atoms with Crippen molar-refractivity contribution in [3.63, 3.8) is 0 Å². The largest absolute Gasteiger partial charge is 0.490 e. The standard InChI is InChI=1S/C30H36F2O3/c1-5-7-12-34-29-24(14-20(3)16-26(29)31)18-22-10-9-11-23(28(22)33)19-25-15-21(4)17-27(32)30(25)35-13-8-6-2/h14-19H,5-13H2,1-4H3/b22-18+,23-19+. The Morgan fingerprint density at radius 1 is 0.771 bits per heavy atom. The number of unbranched alkanes of at least 4 members (excludes halogenated alkanes) is 2. The van der Waals surface area contributed by atoms with Crippen LogP contribution in [0.3, 0.4) is 0 Å². The smallest absolute Gasteiger partial charge is 0.185 e. The van der Waals surface area contributed by atoms with E-state index in [-0.39, 0.29) is 17.3 Å². The van der Waals surface area contributed by atoms with Crippen LogP contribution in [0.5, 0.6) is 11.5 Å². The van der Waals surface area contributed by atoms with Crippen molar-refractivity contribution in [2.45, 2.75) is 72.6 Å². The summed E-state index contributed by atoms with van der Waals surface area (Å²) in [6.07, 6.45) is 9.02. The van der Waals surface area contributed by atoms with Crippen molar-refractivity contribution in [3.8, 4) is 11.5 Å². The molecule has 0 saturated heterocycles. The van der Waals surface area contributed by atoms with E-state index >= 15 is 0 Å². The van der Waals surface area contributed by atoms with E-state index in [0.717, 1.165) is 43.2 Å². The summed E-state index contributed by atoms with van der Waals surface area (Å²) < 4.78 is 40.9. The average molecular weight is 483 g/mol. The van der Waals surface area contributed by atoms with Gasteiger partial charge in [0, 0.05) is 22.3 Å². The number of carbonyl (C=O) groups is 1. The van der Waals surface area contributed by atoms with Gasteiger partial charge in [0.05, 0.1) is 13.2 Å². The van der Waals surface area contributed by atoms with Gasteiger partial charge in [-0.2, -0.15) is 0 Å². The van der Waals surface area contributed by atoms with E-state index in [4.69, 9.17) is 9.47 Å². The van der Waals surface area contributed by atoms with Crippen LogP contribution in [0.4, 0.5) is 8.78 Å². The van der Waals surface area contributed by atoms with Gasteiger partial charge in [-0.3, -0.25) is 4.79 Å². The molecular weight excluding hydrogens is 446 g/mol. The van der Waals surface area contributed by atoms with E-state index in [1.54, 1.807) is 12.2 Å². The molecule has 2 aromatic rings. The van der Waals surface area contributed by atoms with Gasteiger partial charge in [-0.15, -0.1) is 0 Å². The molecule has 0 atom stereocenters. The fourth-order valence-corrected chi connectivity index (χ4v) is 4.22. The SMILES string of the molecule is CCCCOc1c(F)cc(C)cc1/C=C1\CCC/C(=C\c2cc(C)cc(F)c2OCCCC)C1=O. The summed E-state index contributed by atoms with van der Waals surface area (Å²) in [4.78, 5) is 13.4. The Hall–Kier alpha value is -2.95. The van der Waals surface area contributed by atoms with Gasteiger partial charge in [-0.05, 0) is 93.5 Å². The average Bonchev–Trinajstić information content (AvgIpc) is 2.80. The quantitative estimate of drug-likeness (QED) is 0.253. The number of ketones is 1. The van der Waals surface area contributed by atoms with Gasteiger partial charge in [0.2, 0.25) is 0 Å². The highest BCUT2D eigenvalue weighted by atomic mass is 19.1. The zero-order valence-corrected chi connectivity index (χ0v) is 21.3. The molecule has 5 heteroatoms. The fourth-order valence-electron chi connectivity index (χ4n) is 4.22. The number of aryl methyl sites for hydroxylation is 2. The number of rotatable bonds is 10. The summed E-state index contributed by atoms with van der Waals surface area (Å²) in [5, 5.41) is 0. The molecule has 0 heterocycles. The number of Topliss-reactive ketones (excluding diaryl/α,β-unsaturated/α-hetero) is 1. The van der Waals surface area contributed by atoms with Crippen molar-refractivity contribution in [2.75, 3.05) is 13.2 Å². The van der Waals surface area contributed by atoms with Crippen LogP contribution in [-0.2, 0) is 4.79 Å². The molecule has 0 radical (unpaired) electrons. The Labute approximate surface area is 207 Å². The highest BCUT2D eigenvalue weighted by Gasteiger charge is 2.23. The number of hydrogen-bond acceptors (Lipinski definition) is 3. The van der Waals surface area contributed by atoms with Crippen molar-refractivity contribution < 1.29 is 23.0 Å². The third-order valence-corrected chi connectivity index (χ3v) is 6.06. The van der Waals surface area contributed by atoms with Crippen LogP contribution in [0.2, 0.25) is 0 Å². The third-order valence-electron chi connectivity index (χ3n) is 6.06. The normalized spacial score (nSPS) is 16.2. The van der Waals surface area contributed by atoms with Crippen molar-refractivity contribution in [1.29, 1.82) is 0 Å². The predicted octanol–water partition coefficient (Wildman–Crippen LogP) is 8.16. The highest BCUT2D eigenvalue weighted by Crippen LogP contribution is 2.34. The molecule has 0 N–H and O–H groups in total. The second-order valence-electron chi connectivity index (χ2n) is 9.26. The molecule has 0 aromatic heterocycles. The third kappa shape index (κ3) is 7.03. The van der Waals surface area contributed by atoms with Crippen LogP contribution in [0.1, 0.15) is 81.0 Å². The number of carbonyl (C=O) groups excluding carboxylic acids is 1. The Morgan fingerprint density at radius 3 is 1.60 bits per heavy atom. The van der Waals surface area contributed by atoms with E-state index < -0.39 is 11.6 Å². The summed E-state index contributed by atoms with van der Waals surface area (Å²) >= 11 is 0. The topological polar surface area (TPSA) is 35.5 Å².